The van der Waals surface area contributed by atoms with Gasteiger partial charge in [-0.1, -0.05) is 24.3 Å². The van der Waals surface area contributed by atoms with Gasteiger partial charge in [0, 0.05) is 11.3 Å². The minimum atomic E-state index is -1.75. The van der Waals surface area contributed by atoms with E-state index in [2.05, 4.69) is 5.32 Å². The van der Waals surface area contributed by atoms with E-state index in [1.165, 1.54) is 18.2 Å². The molecule has 2 N–H and O–H groups in total. The topological polar surface area (TPSA) is 49.3 Å². The number of amides is 1. The lowest BCUT2D eigenvalue weighted by Gasteiger charge is -2.21. The third kappa shape index (κ3) is 1.57. The van der Waals surface area contributed by atoms with Crippen molar-refractivity contribution in [1.82, 2.24) is 0 Å². The molecule has 0 radical (unpaired) electrons. The van der Waals surface area contributed by atoms with Crippen LogP contribution in [0.4, 0.5) is 10.1 Å². The number of benzene rings is 2. The van der Waals surface area contributed by atoms with Gasteiger partial charge in [0.2, 0.25) is 0 Å². The van der Waals surface area contributed by atoms with Gasteiger partial charge < -0.3 is 10.4 Å². The SMILES string of the molecule is Cc1cc([C@@]2(O)C(=O)Nc3ccccc32)ccc1F. The number of anilines is 1. The molecule has 0 saturated carbocycles. The molecule has 1 heterocycles. The fourth-order valence-corrected chi connectivity index (χ4v) is 2.40. The molecule has 1 atom stereocenters. The van der Waals surface area contributed by atoms with Crippen LogP contribution in [-0.4, -0.2) is 11.0 Å². The lowest BCUT2D eigenvalue weighted by Crippen LogP contribution is -2.35. The molecule has 1 aliphatic rings. The first-order valence-electron chi connectivity index (χ1n) is 5.93. The first-order chi connectivity index (χ1) is 9.03. The summed E-state index contributed by atoms with van der Waals surface area (Å²) in [5.41, 5.74) is 0.0784. The van der Waals surface area contributed by atoms with Crippen molar-refractivity contribution < 1.29 is 14.3 Å². The van der Waals surface area contributed by atoms with Gasteiger partial charge in [0.15, 0.2) is 5.60 Å². The molecule has 1 amide bonds. The van der Waals surface area contributed by atoms with Gasteiger partial charge in [-0.3, -0.25) is 4.79 Å². The van der Waals surface area contributed by atoms with Gasteiger partial charge in [-0.25, -0.2) is 4.39 Å². The van der Waals surface area contributed by atoms with Crippen LogP contribution in [0.1, 0.15) is 16.7 Å². The molecule has 0 unspecified atom stereocenters. The Hall–Kier alpha value is -2.20. The normalized spacial score (nSPS) is 21.1. The number of hydrogen-bond donors (Lipinski definition) is 2. The van der Waals surface area contributed by atoms with Crippen molar-refractivity contribution in [2.24, 2.45) is 0 Å². The second-order valence-corrected chi connectivity index (χ2v) is 4.67. The molecular weight excluding hydrogens is 245 g/mol. The second kappa shape index (κ2) is 3.90. The molecule has 0 bridgehead atoms. The summed E-state index contributed by atoms with van der Waals surface area (Å²) >= 11 is 0. The maximum absolute atomic E-state index is 13.3. The zero-order valence-corrected chi connectivity index (χ0v) is 10.3. The summed E-state index contributed by atoms with van der Waals surface area (Å²) in [7, 11) is 0. The number of hydrogen-bond acceptors (Lipinski definition) is 2. The number of carbonyl (C=O) groups excluding carboxylic acids is 1. The highest BCUT2D eigenvalue weighted by molar-refractivity contribution is 6.07. The Balaban J connectivity index is 2.22. The third-order valence-corrected chi connectivity index (χ3v) is 3.47. The molecule has 3 rings (SSSR count). The molecule has 0 aromatic heterocycles. The van der Waals surface area contributed by atoms with Gasteiger partial charge in [-0.15, -0.1) is 0 Å². The number of para-hydroxylation sites is 1. The number of aryl methyl sites for hydroxylation is 1. The monoisotopic (exact) mass is 257 g/mol. The van der Waals surface area contributed by atoms with Crippen LogP contribution in [0.5, 0.6) is 0 Å². The van der Waals surface area contributed by atoms with Crippen molar-refractivity contribution in [1.29, 1.82) is 0 Å². The average Bonchev–Trinajstić information content (AvgIpc) is 2.66. The summed E-state index contributed by atoms with van der Waals surface area (Å²) < 4.78 is 13.3. The van der Waals surface area contributed by atoms with E-state index < -0.39 is 11.5 Å². The highest BCUT2D eigenvalue weighted by Crippen LogP contribution is 2.40. The summed E-state index contributed by atoms with van der Waals surface area (Å²) in [6, 6.07) is 11.1. The van der Waals surface area contributed by atoms with Crippen LogP contribution in [-0.2, 0) is 10.4 Å². The van der Waals surface area contributed by atoms with E-state index in [0.717, 1.165) is 0 Å². The molecule has 1 aliphatic heterocycles. The molecule has 4 heteroatoms. The molecule has 2 aromatic carbocycles. The van der Waals surface area contributed by atoms with E-state index in [9.17, 15) is 14.3 Å². The van der Waals surface area contributed by atoms with Gasteiger partial charge in [0.05, 0.1) is 0 Å². The maximum Gasteiger partial charge on any atom is 0.265 e. The standard InChI is InChI=1S/C15H12FNO2/c1-9-8-10(6-7-12(9)16)15(19)11-4-2-3-5-13(11)17-14(15)18/h2-8,19H,1H3,(H,17,18)/t15-/m0/s1. The highest BCUT2D eigenvalue weighted by Gasteiger charge is 2.46. The number of halogens is 1. The van der Waals surface area contributed by atoms with Crippen molar-refractivity contribution in [3.63, 3.8) is 0 Å². The van der Waals surface area contributed by atoms with Crippen LogP contribution in [0.15, 0.2) is 42.5 Å². The van der Waals surface area contributed by atoms with E-state index in [4.69, 9.17) is 0 Å². The maximum atomic E-state index is 13.3. The molecule has 0 aliphatic carbocycles. The Morgan fingerprint density at radius 1 is 1.21 bits per heavy atom. The average molecular weight is 257 g/mol. The molecule has 96 valence electrons. The van der Waals surface area contributed by atoms with Crippen molar-refractivity contribution >= 4 is 11.6 Å². The molecule has 19 heavy (non-hydrogen) atoms. The fraction of sp³-hybridized carbons (Fsp3) is 0.133. The number of aliphatic hydroxyl groups is 1. The highest BCUT2D eigenvalue weighted by atomic mass is 19.1. The fourth-order valence-electron chi connectivity index (χ4n) is 2.40. The van der Waals surface area contributed by atoms with E-state index in [1.807, 2.05) is 0 Å². The van der Waals surface area contributed by atoms with E-state index in [0.29, 0.717) is 22.4 Å². The van der Waals surface area contributed by atoms with Crippen molar-refractivity contribution in [2.75, 3.05) is 5.32 Å². The second-order valence-electron chi connectivity index (χ2n) is 4.67. The first kappa shape index (κ1) is 11.9. The zero-order valence-electron chi connectivity index (χ0n) is 10.3. The number of fused-ring (bicyclic) bond motifs is 1. The van der Waals surface area contributed by atoms with Gasteiger partial charge in [-0.2, -0.15) is 0 Å². The minimum absolute atomic E-state index is 0.362. The van der Waals surface area contributed by atoms with Crippen molar-refractivity contribution in [3.05, 3.63) is 65.0 Å². The van der Waals surface area contributed by atoms with Crippen LogP contribution in [0.25, 0.3) is 0 Å². The molecule has 2 aromatic rings. The van der Waals surface area contributed by atoms with E-state index in [-0.39, 0.29) is 5.82 Å². The summed E-state index contributed by atoms with van der Waals surface area (Å²) in [4.78, 5) is 12.1. The lowest BCUT2D eigenvalue weighted by atomic mass is 9.87. The summed E-state index contributed by atoms with van der Waals surface area (Å²) in [6.07, 6.45) is 0. The Kier molecular flexibility index (Phi) is 2.43. The predicted octanol–water partition coefficient (Wildman–Crippen LogP) is 2.32. The molecule has 0 fully saturated rings. The Labute approximate surface area is 109 Å². The van der Waals surface area contributed by atoms with Crippen LogP contribution in [0.2, 0.25) is 0 Å². The van der Waals surface area contributed by atoms with Gasteiger partial charge in [0.1, 0.15) is 5.82 Å². The van der Waals surface area contributed by atoms with E-state index >= 15 is 0 Å². The van der Waals surface area contributed by atoms with Crippen LogP contribution < -0.4 is 5.32 Å². The van der Waals surface area contributed by atoms with Crippen molar-refractivity contribution in [2.45, 2.75) is 12.5 Å². The largest absolute Gasteiger partial charge is 0.372 e. The number of nitrogens with one attached hydrogen (secondary N) is 1. The number of carbonyl (C=O) groups is 1. The van der Waals surface area contributed by atoms with Gasteiger partial charge in [0.25, 0.3) is 5.91 Å². The van der Waals surface area contributed by atoms with Crippen LogP contribution >= 0.6 is 0 Å². The van der Waals surface area contributed by atoms with Crippen LogP contribution in [0, 0.1) is 12.7 Å². The number of rotatable bonds is 1. The molecule has 0 saturated heterocycles. The summed E-state index contributed by atoms with van der Waals surface area (Å²) in [5, 5.41) is 13.4. The lowest BCUT2D eigenvalue weighted by molar-refractivity contribution is -0.129. The molecule has 0 spiro atoms. The van der Waals surface area contributed by atoms with Crippen molar-refractivity contribution in [3.8, 4) is 0 Å². The first-order valence-corrected chi connectivity index (χ1v) is 5.93. The van der Waals surface area contributed by atoms with Gasteiger partial charge in [-0.05, 0) is 36.2 Å². The Bertz CT molecular complexity index is 684. The summed E-state index contributed by atoms with van der Waals surface area (Å²) in [5.74, 6) is -0.876. The Morgan fingerprint density at radius 3 is 2.68 bits per heavy atom. The van der Waals surface area contributed by atoms with Gasteiger partial charge >= 0.3 is 0 Å². The van der Waals surface area contributed by atoms with Crippen LogP contribution in [0.3, 0.4) is 0 Å². The summed E-state index contributed by atoms with van der Waals surface area (Å²) in [6.45, 7) is 1.60. The zero-order chi connectivity index (χ0) is 13.6. The molecular formula is C15H12FNO2. The minimum Gasteiger partial charge on any atom is -0.372 e. The third-order valence-electron chi connectivity index (χ3n) is 3.47. The smallest absolute Gasteiger partial charge is 0.265 e. The quantitative estimate of drug-likeness (QED) is 0.823. The Morgan fingerprint density at radius 2 is 1.95 bits per heavy atom. The van der Waals surface area contributed by atoms with E-state index in [1.54, 1.807) is 31.2 Å². The molecule has 3 nitrogen and oxygen atoms in total. The predicted molar refractivity (Wildman–Crippen MR) is 69.2 cm³/mol.